The zero-order valence-electron chi connectivity index (χ0n) is 19.2. The molecule has 0 aliphatic rings. The summed E-state index contributed by atoms with van der Waals surface area (Å²) in [6.45, 7) is 17.1. The van der Waals surface area contributed by atoms with Crippen LogP contribution in [0.15, 0.2) is 22.9 Å². The van der Waals surface area contributed by atoms with E-state index < -0.39 is 14.4 Å². The molecule has 1 aromatic heterocycles. The number of hydrogen-bond acceptors (Lipinski definition) is 5. The number of aryl methyl sites for hydroxylation is 1. The van der Waals surface area contributed by atoms with Crippen molar-refractivity contribution in [3.63, 3.8) is 0 Å². The van der Waals surface area contributed by atoms with Gasteiger partial charge in [0.25, 0.3) is 0 Å². The second-order valence-corrected chi connectivity index (χ2v) is 14.9. The molecule has 2 atom stereocenters. The van der Waals surface area contributed by atoms with Gasteiger partial charge in [-0.15, -0.1) is 11.3 Å². The molecule has 29 heavy (non-hydrogen) atoms. The zero-order valence-corrected chi connectivity index (χ0v) is 21.0. The van der Waals surface area contributed by atoms with E-state index in [-0.39, 0.29) is 23.6 Å². The van der Waals surface area contributed by atoms with Gasteiger partial charge in [-0.05, 0) is 57.8 Å². The van der Waals surface area contributed by atoms with Crippen LogP contribution in [0.25, 0.3) is 6.08 Å². The summed E-state index contributed by atoms with van der Waals surface area (Å²) in [5, 5.41) is 11.8. The third-order valence-corrected chi connectivity index (χ3v) is 10.6. The lowest BCUT2D eigenvalue weighted by Crippen LogP contribution is -2.44. The molecule has 1 aromatic rings. The van der Waals surface area contributed by atoms with Gasteiger partial charge in [-0.2, -0.15) is 0 Å². The number of thiazole rings is 1. The highest BCUT2D eigenvalue weighted by atomic mass is 32.1. The molecule has 7 heteroatoms. The van der Waals surface area contributed by atoms with E-state index in [1.165, 1.54) is 17.4 Å². The Hall–Kier alpha value is -0.863. The molecule has 4 nitrogen and oxygen atoms in total. The summed E-state index contributed by atoms with van der Waals surface area (Å²) in [5.74, 6) is -0.283. The van der Waals surface area contributed by atoms with Crippen LogP contribution in [0.3, 0.4) is 0 Å². The minimum absolute atomic E-state index is 0.00419. The van der Waals surface area contributed by atoms with Crippen molar-refractivity contribution in [2.24, 2.45) is 0 Å². The lowest BCUT2D eigenvalue weighted by Gasteiger charge is -2.38. The fourth-order valence-electron chi connectivity index (χ4n) is 2.31. The van der Waals surface area contributed by atoms with Gasteiger partial charge in [0.1, 0.15) is 11.9 Å². The summed E-state index contributed by atoms with van der Waals surface area (Å²) in [6.07, 6.45) is 3.96. The van der Waals surface area contributed by atoms with Crippen LogP contribution >= 0.6 is 11.3 Å². The van der Waals surface area contributed by atoms with Crippen molar-refractivity contribution in [3.8, 4) is 0 Å². The number of hydrogen-bond donors (Lipinski definition) is 1. The largest absolute Gasteiger partial charge is 0.407 e. The molecule has 0 unspecified atom stereocenters. The maximum atomic E-state index is 15.2. The average Bonchev–Trinajstić information content (AvgIpc) is 3.01. The summed E-state index contributed by atoms with van der Waals surface area (Å²) >= 11 is 1.51. The van der Waals surface area contributed by atoms with E-state index >= 15 is 4.39 Å². The monoisotopic (exact) mass is 443 g/mol. The van der Waals surface area contributed by atoms with Gasteiger partial charge < -0.3 is 14.3 Å². The molecular formula is C22H38FNO3SSi. The van der Waals surface area contributed by atoms with E-state index in [2.05, 4.69) is 38.8 Å². The Balaban J connectivity index is 2.92. The fourth-order valence-corrected chi connectivity index (χ4v) is 4.16. The van der Waals surface area contributed by atoms with Gasteiger partial charge in [-0.3, -0.25) is 0 Å². The molecule has 0 radical (unpaired) electrons. The summed E-state index contributed by atoms with van der Waals surface area (Å²) < 4.78 is 27.1. The van der Waals surface area contributed by atoms with Gasteiger partial charge in [0.2, 0.25) is 0 Å². The second-order valence-electron chi connectivity index (χ2n) is 9.09. The van der Waals surface area contributed by atoms with Gasteiger partial charge in [0, 0.05) is 5.38 Å². The Morgan fingerprint density at radius 3 is 2.55 bits per heavy atom. The molecule has 0 aromatic carbocycles. The predicted molar refractivity (Wildman–Crippen MR) is 123 cm³/mol. The molecule has 1 rings (SSSR count). The summed E-state index contributed by atoms with van der Waals surface area (Å²) in [4.78, 5) is 4.34. The smallest absolute Gasteiger partial charge is 0.193 e. The minimum atomic E-state index is -2.14. The number of aromatic nitrogens is 1. The number of rotatable bonds is 11. The number of ether oxygens (including phenoxy) is 1. The topological polar surface area (TPSA) is 51.6 Å². The molecule has 0 fully saturated rings. The number of aliphatic hydroxyl groups is 1. The van der Waals surface area contributed by atoms with E-state index in [9.17, 15) is 0 Å². The first-order valence-corrected chi connectivity index (χ1v) is 14.0. The maximum absolute atomic E-state index is 15.2. The first-order valence-electron chi connectivity index (χ1n) is 10.2. The van der Waals surface area contributed by atoms with Gasteiger partial charge in [-0.1, -0.05) is 32.4 Å². The van der Waals surface area contributed by atoms with Crippen LogP contribution in [0.4, 0.5) is 4.39 Å². The standard InChI is InChI=1S/C22H38FNO3SSi/c1-16(11-12-26-17(2)14-25)9-10-21(27-29(7,8)22(4,5)6)20(23)13-19-15-28-18(3)24-19/h9,13,15,17,21,25H,10-12,14H2,1-8H3/b16-9-,20-13-/t17-,21+/m1/s1. The number of aliphatic hydroxyl groups excluding tert-OH is 1. The van der Waals surface area contributed by atoms with E-state index in [4.69, 9.17) is 14.3 Å². The van der Waals surface area contributed by atoms with E-state index in [1.807, 2.05) is 32.2 Å². The normalized spacial score (nSPS) is 16.2. The third-order valence-electron chi connectivity index (χ3n) is 5.31. The highest BCUT2D eigenvalue weighted by molar-refractivity contribution is 7.09. The molecule has 0 saturated carbocycles. The first-order chi connectivity index (χ1) is 13.4. The number of halogens is 1. The Labute approximate surface area is 181 Å². The van der Waals surface area contributed by atoms with Crippen LogP contribution in [-0.4, -0.2) is 43.8 Å². The SMILES string of the molecule is C/C(=C/C[C@H](O[Si](C)(C)C(C)(C)C)/C(F)=C/c1csc(C)n1)CCO[C@H](C)CO. The minimum Gasteiger partial charge on any atom is -0.407 e. The van der Waals surface area contributed by atoms with E-state index in [0.717, 1.165) is 17.0 Å². The van der Waals surface area contributed by atoms with E-state index in [0.29, 0.717) is 18.7 Å². The van der Waals surface area contributed by atoms with Crippen molar-refractivity contribution in [1.82, 2.24) is 4.98 Å². The highest BCUT2D eigenvalue weighted by Crippen LogP contribution is 2.39. The maximum Gasteiger partial charge on any atom is 0.193 e. The summed E-state index contributed by atoms with van der Waals surface area (Å²) in [5.41, 5.74) is 1.76. The number of nitrogens with zero attached hydrogens (tertiary/aromatic N) is 1. The van der Waals surface area contributed by atoms with Crippen molar-refractivity contribution in [2.75, 3.05) is 13.2 Å². The van der Waals surface area contributed by atoms with Crippen LogP contribution < -0.4 is 0 Å². The molecule has 0 bridgehead atoms. The first kappa shape index (κ1) is 26.2. The molecule has 0 aliphatic carbocycles. The molecule has 166 valence electrons. The third kappa shape index (κ3) is 9.21. The quantitative estimate of drug-likeness (QED) is 0.323. The van der Waals surface area contributed by atoms with E-state index in [1.54, 1.807) is 0 Å². The molecule has 1 N–H and O–H groups in total. The Kier molecular flexibility index (Phi) is 10.4. The van der Waals surface area contributed by atoms with Crippen LogP contribution in [-0.2, 0) is 9.16 Å². The average molecular weight is 444 g/mol. The van der Waals surface area contributed by atoms with Crippen LogP contribution in [0, 0.1) is 6.92 Å². The Bertz CT molecular complexity index is 694. The van der Waals surface area contributed by atoms with Gasteiger partial charge in [0.05, 0.1) is 30.0 Å². The molecule has 0 aliphatic heterocycles. The zero-order chi connectivity index (χ0) is 22.2. The highest BCUT2D eigenvalue weighted by Gasteiger charge is 2.39. The van der Waals surface area contributed by atoms with Crippen LogP contribution in [0.2, 0.25) is 18.1 Å². The van der Waals surface area contributed by atoms with Gasteiger partial charge in [-0.25, -0.2) is 9.37 Å². The van der Waals surface area contributed by atoms with Crippen LogP contribution in [0.1, 0.15) is 58.2 Å². The fraction of sp³-hybridized carbons (Fsp3) is 0.682. The van der Waals surface area contributed by atoms with Crippen LogP contribution in [0.5, 0.6) is 0 Å². The van der Waals surface area contributed by atoms with Gasteiger partial charge >= 0.3 is 0 Å². The molecule has 0 spiro atoms. The van der Waals surface area contributed by atoms with Gasteiger partial charge in [0.15, 0.2) is 8.32 Å². The Morgan fingerprint density at radius 2 is 2.03 bits per heavy atom. The molecular weight excluding hydrogens is 405 g/mol. The summed E-state index contributed by atoms with van der Waals surface area (Å²) in [6, 6.07) is 0. The molecule has 1 heterocycles. The second kappa shape index (κ2) is 11.5. The molecule has 0 amide bonds. The molecule has 0 saturated heterocycles. The van der Waals surface area contributed by atoms with Crippen molar-refractivity contribution in [2.45, 2.75) is 84.7 Å². The summed E-state index contributed by atoms with van der Waals surface area (Å²) in [7, 11) is -2.14. The van der Waals surface area contributed by atoms with Crippen molar-refractivity contribution < 1.29 is 18.7 Å². The van der Waals surface area contributed by atoms with Crippen molar-refractivity contribution in [3.05, 3.63) is 33.6 Å². The van der Waals surface area contributed by atoms with Crippen molar-refractivity contribution in [1.29, 1.82) is 0 Å². The lowest BCUT2D eigenvalue weighted by atomic mass is 10.1. The lowest BCUT2D eigenvalue weighted by molar-refractivity contribution is 0.0267. The predicted octanol–water partition coefficient (Wildman–Crippen LogP) is 6.28. The Morgan fingerprint density at radius 1 is 1.38 bits per heavy atom. The van der Waals surface area contributed by atoms with Crippen molar-refractivity contribution >= 4 is 25.7 Å².